The molecule has 0 bridgehead atoms. The van der Waals surface area contributed by atoms with Crippen molar-refractivity contribution < 1.29 is 13.9 Å². The summed E-state index contributed by atoms with van der Waals surface area (Å²) in [6.07, 6.45) is 2.15. The Morgan fingerprint density at radius 3 is 3.08 bits per heavy atom. The highest BCUT2D eigenvalue weighted by atomic mass is 16.5. The molecule has 0 radical (unpaired) electrons. The molecule has 4 nitrogen and oxygen atoms in total. The van der Waals surface area contributed by atoms with E-state index in [1.165, 1.54) is 6.92 Å². The van der Waals surface area contributed by atoms with Gasteiger partial charge >= 0.3 is 5.97 Å². The van der Waals surface area contributed by atoms with Crippen molar-refractivity contribution >= 4 is 5.97 Å². The van der Waals surface area contributed by atoms with Gasteiger partial charge in [0.05, 0.1) is 18.9 Å². The van der Waals surface area contributed by atoms with E-state index in [2.05, 4.69) is 0 Å². The Hall–Kier alpha value is -1.29. The standard InChI is InChI=1S/C9H13NO3/c1-7(11)12-6-4-8(10)9-3-2-5-13-9/h2-3,5,8H,4,6,10H2,1H3. The summed E-state index contributed by atoms with van der Waals surface area (Å²) in [7, 11) is 0. The molecule has 13 heavy (non-hydrogen) atoms. The number of ether oxygens (including phenoxy) is 1. The van der Waals surface area contributed by atoms with Crippen LogP contribution < -0.4 is 5.73 Å². The summed E-state index contributed by atoms with van der Waals surface area (Å²) < 4.78 is 9.84. The molecule has 1 atom stereocenters. The van der Waals surface area contributed by atoms with Crippen molar-refractivity contribution in [2.75, 3.05) is 6.61 Å². The fourth-order valence-corrected chi connectivity index (χ4v) is 0.974. The molecule has 0 saturated heterocycles. The maximum atomic E-state index is 10.4. The van der Waals surface area contributed by atoms with Gasteiger partial charge in [-0.15, -0.1) is 0 Å². The molecule has 4 heteroatoms. The first-order valence-corrected chi connectivity index (χ1v) is 4.12. The monoisotopic (exact) mass is 183 g/mol. The van der Waals surface area contributed by atoms with Gasteiger partial charge in [-0.1, -0.05) is 0 Å². The van der Waals surface area contributed by atoms with Crippen LogP contribution in [0.15, 0.2) is 22.8 Å². The number of rotatable bonds is 4. The minimum atomic E-state index is -0.286. The van der Waals surface area contributed by atoms with Gasteiger partial charge in [-0.3, -0.25) is 4.79 Å². The molecule has 2 N–H and O–H groups in total. The Balaban J connectivity index is 2.26. The Labute approximate surface area is 76.7 Å². The molecule has 0 aliphatic carbocycles. The smallest absolute Gasteiger partial charge is 0.302 e. The van der Waals surface area contributed by atoms with Gasteiger partial charge in [-0.05, 0) is 12.1 Å². The van der Waals surface area contributed by atoms with Gasteiger partial charge < -0.3 is 14.9 Å². The second-order valence-corrected chi connectivity index (χ2v) is 2.75. The number of esters is 1. The van der Waals surface area contributed by atoms with Gasteiger partial charge in [0.25, 0.3) is 0 Å². The van der Waals surface area contributed by atoms with Crippen molar-refractivity contribution in [1.29, 1.82) is 0 Å². The lowest BCUT2D eigenvalue weighted by atomic mass is 10.2. The molecular formula is C9H13NO3. The fraction of sp³-hybridized carbons (Fsp3) is 0.444. The Morgan fingerprint density at radius 1 is 1.77 bits per heavy atom. The molecule has 0 spiro atoms. The molecule has 0 fully saturated rings. The van der Waals surface area contributed by atoms with Crippen LogP contribution in [0.4, 0.5) is 0 Å². The predicted octanol–water partition coefficient (Wildman–Crippen LogP) is 1.23. The van der Waals surface area contributed by atoms with Crippen molar-refractivity contribution in [3.05, 3.63) is 24.2 Å². The largest absolute Gasteiger partial charge is 0.468 e. The van der Waals surface area contributed by atoms with E-state index < -0.39 is 0 Å². The van der Waals surface area contributed by atoms with E-state index in [-0.39, 0.29) is 12.0 Å². The van der Waals surface area contributed by atoms with Crippen LogP contribution in [0.3, 0.4) is 0 Å². The van der Waals surface area contributed by atoms with E-state index in [1.807, 2.05) is 0 Å². The van der Waals surface area contributed by atoms with Crippen LogP contribution in [-0.4, -0.2) is 12.6 Å². The van der Waals surface area contributed by atoms with E-state index >= 15 is 0 Å². The molecule has 0 aromatic carbocycles. The average molecular weight is 183 g/mol. The van der Waals surface area contributed by atoms with Crippen molar-refractivity contribution in [3.63, 3.8) is 0 Å². The highest BCUT2D eigenvalue weighted by Crippen LogP contribution is 2.13. The summed E-state index contributed by atoms with van der Waals surface area (Å²) in [6, 6.07) is 3.38. The molecule has 1 unspecified atom stereocenters. The minimum absolute atomic E-state index is 0.200. The van der Waals surface area contributed by atoms with Gasteiger partial charge in [-0.2, -0.15) is 0 Å². The summed E-state index contributed by atoms with van der Waals surface area (Å²) in [6.45, 7) is 1.70. The van der Waals surface area contributed by atoms with Crippen LogP contribution in [0, 0.1) is 0 Å². The third kappa shape index (κ3) is 3.29. The summed E-state index contributed by atoms with van der Waals surface area (Å²) in [5.41, 5.74) is 5.74. The topological polar surface area (TPSA) is 65.5 Å². The van der Waals surface area contributed by atoms with Crippen molar-refractivity contribution in [2.24, 2.45) is 5.73 Å². The Kier molecular flexibility index (Phi) is 3.52. The molecule has 0 aliphatic rings. The predicted molar refractivity (Wildman–Crippen MR) is 46.9 cm³/mol. The van der Waals surface area contributed by atoms with Gasteiger partial charge in [0.1, 0.15) is 5.76 Å². The summed E-state index contributed by atoms with van der Waals surface area (Å²) in [4.78, 5) is 10.4. The zero-order valence-electron chi connectivity index (χ0n) is 7.53. The number of carbonyl (C=O) groups excluding carboxylic acids is 1. The second-order valence-electron chi connectivity index (χ2n) is 2.75. The first-order valence-electron chi connectivity index (χ1n) is 4.12. The molecule has 1 aromatic heterocycles. The number of hydrogen-bond acceptors (Lipinski definition) is 4. The van der Waals surface area contributed by atoms with Crippen LogP contribution in [0.1, 0.15) is 25.1 Å². The summed E-state index contributed by atoms with van der Waals surface area (Å²) in [5.74, 6) is 0.429. The zero-order valence-corrected chi connectivity index (χ0v) is 7.53. The lowest BCUT2D eigenvalue weighted by Gasteiger charge is -2.07. The first-order chi connectivity index (χ1) is 6.20. The molecule has 0 aliphatic heterocycles. The van der Waals surface area contributed by atoms with Crippen LogP contribution >= 0.6 is 0 Å². The lowest BCUT2D eigenvalue weighted by Crippen LogP contribution is -2.13. The van der Waals surface area contributed by atoms with Gasteiger partial charge in [0, 0.05) is 13.3 Å². The zero-order chi connectivity index (χ0) is 9.68. The van der Waals surface area contributed by atoms with Gasteiger partial charge in [-0.25, -0.2) is 0 Å². The number of nitrogens with two attached hydrogens (primary N) is 1. The molecule has 1 heterocycles. The molecule has 72 valence electrons. The first kappa shape index (κ1) is 9.80. The minimum Gasteiger partial charge on any atom is -0.468 e. The quantitative estimate of drug-likeness (QED) is 0.713. The number of carbonyl (C=O) groups is 1. The lowest BCUT2D eigenvalue weighted by molar-refractivity contribution is -0.141. The number of furan rings is 1. The molecule has 0 saturated carbocycles. The molecule has 1 aromatic rings. The Bertz CT molecular complexity index is 256. The Morgan fingerprint density at radius 2 is 2.54 bits per heavy atom. The number of hydrogen-bond donors (Lipinski definition) is 1. The SMILES string of the molecule is CC(=O)OCCC(N)c1ccco1. The average Bonchev–Trinajstić information content (AvgIpc) is 2.55. The highest BCUT2D eigenvalue weighted by Gasteiger charge is 2.08. The van der Waals surface area contributed by atoms with Gasteiger partial charge in [0.2, 0.25) is 0 Å². The maximum Gasteiger partial charge on any atom is 0.302 e. The van der Waals surface area contributed by atoms with Crippen LogP contribution in [-0.2, 0) is 9.53 Å². The van der Waals surface area contributed by atoms with E-state index in [0.29, 0.717) is 18.8 Å². The third-order valence-corrected chi connectivity index (χ3v) is 1.64. The summed E-state index contributed by atoms with van der Waals surface area (Å²) >= 11 is 0. The van der Waals surface area contributed by atoms with E-state index in [9.17, 15) is 4.79 Å². The van der Waals surface area contributed by atoms with Crippen LogP contribution in [0.5, 0.6) is 0 Å². The van der Waals surface area contributed by atoms with E-state index in [4.69, 9.17) is 14.9 Å². The maximum absolute atomic E-state index is 10.4. The third-order valence-electron chi connectivity index (χ3n) is 1.64. The van der Waals surface area contributed by atoms with E-state index in [0.717, 1.165) is 0 Å². The van der Waals surface area contributed by atoms with Crippen molar-refractivity contribution in [2.45, 2.75) is 19.4 Å². The molecule has 1 rings (SSSR count). The van der Waals surface area contributed by atoms with Crippen molar-refractivity contribution in [1.82, 2.24) is 0 Å². The van der Waals surface area contributed by atoms with Gasteiger partial charge in [0.15, 0.2) is 0 Å². The van der Waals surface area contributed by atoms with Crippen LogP contribution in [0.25, 0.3) is 0 Å². The van der Waals surface area contributed by atoms with E-state index in [1.54, 1.807) is 18.4 Å². The van der Waals surface area contributed by atoms with Crippen molar-refractivity contribution in [3.8, 4) is 0 Å². The fourth-order valence-electron chi connectivity index (χ4n) is 0.974. The van der Waals surface area contributed by atoms with Crippen LogP contribution in [0.2, 0.25) is 0 Å². The highest BCUT2D eigenvalue weighted by molar-refractivity contribution is 5.65. The normalized spacial score (nSPS) is 12.5. The second kappa shape index (κ2) is 4.67. The molecule has 0 amide bonds. The summed E-state index contributed by atoms with van der Waals surface area (Å²) in [5, 5.41) is 0. The molecular weight excluding hydrogens is 170 g/mol.